The van der Waals surface area contributed by atoms with Gasteiger partial charge in [-0.2, -0.15) is 13.2 Å². The van der Waals surface area contributed by atoms with Gasteiger partial charge < -0.3 is 16.0 Å². The van der Waals surface area contributed by atoms with E-state index >= 15 is 0 Å². The van der Waals surface area contributed by atoms with E-state index in [1.807, 2.05) is 13.8 Å². The highest BCUT2D eigenvalue weighted by Crippen LogP contribution is 2.27. The minimum atomic E-state index is -4.45. The quantitative estimate of drug-likeness (QED) is 0.642. The highest BCUT2D eigenvalue weighted by molar-refractivity contribution is 5.80. The molecular formula is C16H18F3N7. The first-order valence-corrected chi connectivity index (χ1v) is 7.97. The van der Waals surface area contributed by atoms with Crippen LogP contribution in [0.4, 0.5) is 19.0 Å². The molecule has 0 aliphatic carbocycles. The van der Waals surface area contributed by atoms with Crippen molar-refractivity contribution >= 4 is 17.0 Å². The first-order chi connectivity index (χ1) is 12.3. The maximum Gasteiger partial charge on any atom is 0.433 e. The summed E-state index contributed by atoms with van der Waals surface area (Å²) in [7, 11) is 0. The van der Waals surface area contributed by atoms with Gasteiger partial charge in [0.25, 0.3) is 0 Å². The Labute approximate surface area is 147 Å². The Morgan fingerprint density at radius 3 is 2.58 bits per heavy atom. The van der Waals surface area contributed by atoms with Crippen molar-refractivity contribution in [3.63, 3.8) is 0 Å². The molecule has 3 aromatic rings. The van der Waals surface area contributed by atoms with E-state index in [0.29, 0.717) is 34.9 Å². The number of halogens is 3. The zero-order valence-electron chi connectivity index (χ0n) is 14.2. The molecule has 3 rings (SSSR count). The Kier molecular flexibility index (Phi) is 4.77. The van der Waals surface area contributed by atoms with E-state index < -0.39 is 11.9 Å². The van der Waals surface area contributed by atoms with Gasteiger partial charge >= 0.3 is 6.18 Å². The molecule has 0 fully saturated rings. The maximum absolute atomic E-state index is 12.6. The molecule has 138 valence electrons. The van der Waals surface area contributed by atoms with Crippen molar-refractivity contribution in [2.24, 2.45) is 5.92 Å². The van der Waals surface area contributed by atoms with Gasteiger partial charge in [-0.25, -0.2) is 15.0 Å². The number of imidazole rings is 1. The van der Waals surface area contributed by atoms with Gasteiger partial charge in [-0.15, -0.1) is 0 Å². The molecular weight excluding hydrogens is 347 g/mol. The molecule has 0 aromatic carbocycles. The summed E-state index contributed by atoms with van der Waals surface area (Å²) < 4.78 is 37.8. The topological polar surface area (TPSA) is 105 Å². The molecule has 0 bridgehead atoms. The summed E-state index contributed by atoms with van der Waals surface area (Å²) in [6.45, 7) is 4.28. The molecule has 26 heavy (non-hydrogen) atoms. The maximum atomic E-state index is 12.6. The SMILES string of the molecule is CC(C)C(NCc1ccc(C(F)(F)F)nc1)c1nc(N)c2[nH]cnc2n1. The number of nitrogens with zero attached hydrogens (tertiary/aromatic N) is 4. The number of aromatic amines is 1. The Hall–Kier alpha value is -2.75. The number of nitrogen functional groups attached to an aromatic ring is 1. The van der Waals surface area contributed by atoms with Gasteiger partial charge in [-0.3, -0.25) is 4.98 Å². The summed E-state index contributed by atoms with van der Waals surface area (Å²) >= 11 is 0. The molecule has 10 heteroatoms. The van der Waals surface area contributed by atoms with Crippen molar-refractivity contribution in [3.8, 4) is 0 Å². The van der Waals surface area contributed by atoms with Crippen LogP contribution in [-0.2, 0) is 12.7 Å². The van der Waals surface area contributed by atoms with E-state index in [1.165, 1.54) is 18.6 Å². The smallest absolute Gasteiger partial charge is 0.382 e. The number of nitrogens with one attached hydrogen (secondary N) is 2. The molecule has 1 atom stereocenters. The fraction of sp³-hybridized carbons (Fsp3) is 0.375. The van der Waals surface area contributed by atoms with Gasteiger partial charge in [0.15, 0.2) is 17.3 Å². The Morgan fingerprint density at radius 2 is 1.96 bits per heavy atom. The molecule has 4 N–H and O–H groups in total. The second-order valence-electron chi connectivity index (χ2n) is 6.22. The third kappa shape index (κ3) is 3.74. The number of nitrogens with two attached hydrogens (primary N) is 1. The average Bonchev–Trinajstić information content (AvgIpc) is 3.03. The number of rotatable bonds is 5. The number of anilines is 1. The van der Waals surface area contributed by atoms with Crippen LogP contribution in [0.5, 0.6) is 0 Å². The van der Waals surface area contributed by atoms with Gasteiger partial charge in [-0.1, -0.05) is 19.9 Å². The third-order valence-electron chi connectivity index (χ3n) is 3.92. The van der Waals surface area contributed by atoms with Gasteiger partial charge in [0.1, 0.15) is 11.2 Å². The lowest BCUT2D eigenvalue weighted by Crippen LogP contribution is -2.27. The minimum Gasteiger partial charge on any atom is -0.382 e. The number of hydrogen-bond donors (Lipinski definition) is 3. The standard InChI is InChI=1S/C16H18F3N7/c1-8(2)11(15-25-13(20)12-14(26-15)24-7-23-12)22-6-9-3-4-10(21-5-9)16(17,18)19/h3-5,7-8,11,22H,6H2,1-2H3,(H3,20,23,24,25,26). The predicted octanol–water partition coefficient (Wildman–Crippen LogP) is 2.84. The van der Waals surface area contributed by atoms with Gasteiger partial charge in [0.2, 0.25) is 0 Å². The van der Waals surface area contributed by atoms with E-state index in [1.54, 1.807) is 0 Å². The van der Waals surface area contributed by atoms with E-state index in [0.717, 1.165) is 6.07 Å². The van der Waals surface area contributed by atoms with Crippen LogP contribution in [0.15, 0.2) is 24.7 Å². The van der Waals surface area contributed by atoms with Gasteiger partial charge in [-0.05, 0) is 17.5 Å². The van der Waals surface area contributed by atoms with E-state index in [4.69, 9.17) is 5.73 Å². The summed E-state index contributed by atoms with van der Waals surface area (Å²) in [6, 6.07) is 2.11. The minimum absolute atomic E-state index is 0.119. The molecule has 3 heterocycles. The van der Waals surface area contributed by atoms with Gasteiger partial charge in [0, 0.05) is 12.7 Å². The molecule has 1 unspecified atom stereocenters. The fourth-order valence-corrected chi connectivity index (χ4v) is 2.56. The average molecular weight is 365 g/mol. The predicted molar refractivity (Wildman–Crippen MR) is 89.8 cm³/mol. The van der Waals surface area contributed by atoms with Crippen LogP contribution >= 0.6 is 0 Å². The van der Waals surface area contributed by atoms with Crippen LogP contribution in [-0.4, -0.2) is 24.9 Å². The second-order valence-corrected chi connectivity index (χ2v) is 6.22. The van der Waals surface area contributed by atoms with Crippen molar-refractivity contribution in [2.45, 2.75) is 32.6 Å². The highest BCUT2D eigenvalue weighted by Gasteiger charge is 2.32. The Morgan fingerprint density at radius 1 is 1.19 bits per heavy atom. The number of pyridine rings is 1. The Bertz CT molecular complexity index is 887. The lowest BCUT2D eigenvalue weighted by molar-refractivity contribution is -0.141. The summed E-state index contributed by atoms with van der Waals surface area (Å²) in [5, 5.41) is 3.25. The Balaban J connectivity index is 1.78. The van der Waals surface area contributed by atoms with Crippen LogP contribution in [0.25, 0.3) is 11.2 Å². The molecule has 3 aromatic heterocycles. The zero-order chi connectivity index (χ0) is 18.9. The number of aromatic nitrogens is 5. The molecule has 0 amide bonds. The zero-order valence-corrected chi connectivity index (χ0v) is 14.2. The van der Waals surface area contributed by atoms with Crippen LogP contribution in [0, 0.1) is 5.92 Å². The summed E-state index contributed by atoms with van der Waals surface area (Å²) in [4.78, 5) is 19.2. The largest absolute Gasteiger partial charge is 0.433 e. The molecule has 7 nitrogen and oxygen atoms in total. The van der Waals surface area contributed by atoms with E-state index in [2.05, 4.69) is 30.2 Å². The lowest BCUT2D eigenvalue weighted by atomic mass is 10.0. The van der Waals surface area contributed by atoms with Crippen LogP contribution in [0.1, 0.15) is 37.0 Å². The molecule has 0 saturated carbocycles. The number of alkyl halides is 3. The summed E-state index contributed by atoms with van der Waals surface area (Å²) in [5.74, 6) is 0.899. The molecule has 0 aliphatic heterocycles. The van der Waals surface area contributed by atoms with E-state index in [-0.39, 0.29) is 12.0 Å². The number of hydrogen-bond acceptors (Lipinski definition) is 6. The van der Waals surface area contributed by atoms with Crippen molar-refractivity contribution in [3.05, 3.63) is 41.7 Å². The first kappa shape index (κ1) is 18.1. The molecule has 0 spiro atoms. The normalized spacial score (nSPS) is 13.5. The third-order valence-corrected chi connectivity index (χ3v) is 3.92. The molecule has 0 radical (unpaired) electrons. The number of fused-ring (bicyclic) bond motifs is 1. The van der Waals surface area contributed by atoms with Crippen molar-refractivity contribution < 1.29 is 13.2 Å². The first-order valence-electron chi connectivity index (χ1n) is 7.97. The number of H-pyrrole nitrogens is 1. The lowest BCUT2D eigenvalue weighted by Gasteiger charge is -2.21. The monoisotopic (exact) mass is 365 g/mol. The summed E-state index contributed by atoms with van der Waals surface area (Å²) in [5.41, 5.74) is 6.69. The van der Waals surface area contributed by atoms with Crippen LogP contribution in [0.2, 0.25) is 0 Å². The van der Waals surface area contributed by atoms with Crippen molar-refractivity contribution in [2.75, 3.05) is 5.73 Å². The van der Waals surface area contributed by atoms with Crippen molar-refractivity contribution in [1.82, 2.24) is 30.2 Å². The summed E-state index contributed by atoms with van der Waals surface area (Å²) in [6.07, 6.45) is -1.75. The highest BCUT2D eigenvalue weighted by atomic mass is 19.4. The van der Waals surface area contributed by atoms with E-state index in [9.17, 15) is 13.2 Å². The second kappa shape index (κ2) is 6.87. The fourth-order valence-electron chi connectivity index (χ4n) is 2.56. The molecule has 0 aliphatic rings. The molecule has 0 saturated heterocycles. The van der Waals surface area contributed by atoms with Gasteiger partial charge in [0.05, 0.1) is 12.4 Å². The van der Waals surface area contributed by atoms with Crippen LogP contribution < -0.4 is 11.1 Å². The van der Waals surface area contributed by atoms with Crippen LogP contribution in [0.3, 0.4) is 0 Å². The van der Waals surface area contributed by atoms with Crippen molar-refractivity contribution in [1.29, 1.82) is 0 Å².